The van der Waals surface area contributed by atoms with Crippen LogP contribution in [0, 0.1) is 11.8 Å². The van der Waals surface area contributed by atoms with Gasteiger partial charge in [-0.15, -0.1) is 0 Å². The van der Waals surface area contributed by atoms with E-state index in [-0.39, 0.29) is 0 Å². The highest BCUT2D eigenvalue weighted by Gasteiger charge is 2.24. The van der Waals surface area contributed by atoms with Crippen molar-refractivity contribution in [3.8, 4) is 0 Å². The quantitative estimate of drug-likeness (QED) is 0.692. The summed E-state index contributed by atoms with van der Waals surface area (Å²) >= 11 is 0. The summed E-state index contributed by atoms with van der Waals surface area (Å²) in [4.78, 5) is 14.2. The van der Waals surface area contributed by atoms with Crippen LogP contribution in [0.25, 0.3) is 0 Å². The van der Waals surface area contributed by atoms with Crippen LogP contribution in [0.1, 0.15) is 52.9 Å². The van der Waals surface area contributed by atoms with Gasteiger partial charge in [0.2, 0.25) is 0 Å². The first-order valence-corrected chi connectivity index (χ1v) is 6.73. The maximum absolute atomic E-state index is 12.0. The Morgan fingerprint density at radius 2 is 1.81 bits per heavy atom. The van der Waals surface area contributed by atoms with Gasteiger partial charge in [-0.25, -0.2) is 0 Å². The minimum Gasteiger partial charge on any atom is -0.298 e. The Morgan fingerprint density at radius 1 is 1.25 bits per heavy atom. The highest BCUT2D eigenvalue weighted by molar-refractivity contribution is 5.83. The number of nitrogens with zero attached hydrogens (tertiary/aromatic N) is 1. The number of likely N-dealkylation sites (N-methyl/N-ethyl adjacent to an activating group) is 1. The van der Waals surface area contributed by atoms with E-state index in [2.05, 4.69) is 32.7 Å². The third kappa shape index (κ3) is 4.25. The van der Waals surface area contributed by atoms with Crippen molar-refractivity contribution in [3.05, 3.63) is 0 Å². The van der Waals surface area contributed by atoms with Crippen molar-refractivity contribution in [3.63, 3.8) is 0 Å². The van der Waals surface area contributed by atoms with Crippen LogP contribution in [-0.4, -0.2) is 30.3 Å². The summed E-state index contributed by atoms with van der Waals surface area (Å²) in [6.07, 6.45) is 5.94. The van der Waals surface area contributed by atoms with E-state index in [1.165, 1.54) is 19.3 Å². The first-order valence-electron chi connectivity index (χ1n) is 6.73. The molecule has 0 amide bonds. The minimum atomic E-state index is 0.369. The molecule has 0 heterocycles. The molecule has 1 fully saturated rings. The molecule has 94 valence electrons. The topological polar surface area (TPSA) is 20.3 Å². The number of hydrogen-bond donors (Lipinski definition) is 0. The normalized spacial score (nSPS) is 19.6. The van der Waals surface area contributed by atoms with Crippen LogP contribution in [0.5, 0.6) is 0 Å². The third-order valence-electron chi connectivity index (χ3n) is 3.78. The maximum Gasteiger partial charge on any atom is 0.149 e. The van der Waals surface area contributed by atoms with Gasteiger partial charge in [-0.05, 0) is 39.2 Å². The average molecular weight is 225 g/mol. The summed E-state index contributed by atoms with van der Waals surface area (Å²) in [5, 5.41) is 0. The van der Waals surface area contributed by atoms with Gasteiger partial charge in [-0.2, -0.15) is 0 Å². The molecule has 0 aromatic carbocycles. The predicted molar refractivity (Wildman–Crippen MR) is 68.5 cm³/mol. The number of carbonyl (C=O) groups excluding carboxylic acids is 1. The summed E-state index contributed by atoms with van der Waals surface area (Å²) in [6.45, 7) is 7.35. The lowest BCUT2D eigenvalue weighted by Crippen LogP contribution is -2.36. The Kier molecular flexibility index (Phi) is 5.47. The van der Waals surface area contributed by atoms with Crippen LogP contribution >= 0.6 is 0 Å². The molecule has 1 unspecified atom stereocenters. The smallest absolute Gasteiger partial charge is 0.149 e. The maximum atomic E-state index is 12.0. The van der Waals surface area contributed by atoms with Gasteiger partial charge in [0.15, 0.2) is 0 Å². The van der Waals surface area contributed by atoms with E-state index in [4.69, 9.17) is 0 Å². The van der Waals surface area contributed by atoms with Gasteiger partial charge in [-0.3, -0.25) is 9.69 Å². The van der Waals surface area contributed by atoms with Crippen molar-refractivity contribution in [1.82, 2.24) is 4.90 Å². The van der Waals surface area contributed by atoms with Crippen LogP contribution in [0.3, 0.4) is 0 Å². The molecule has 0 saturated heterocycles. The molecule has 0 radical (unpaired) electrons. The zero-order chi connectivity index (χ0) is 12.1. The number of Topliss-reactive ketones (excluding diaryl/α,β-unsaturated/α-hetero) is 1. The lowest BCUT2D eigenvalue weighted by molar-refractivity contribution is -0.124. The Labute approximate surface area is 100 Å². The highest BCUT2D eigenvalue weighted by atomic mass is 16.1. The molecule has 0 bridgehead atoms. The van der Waals surface area contributed by atoms with Crippen molar-refractivity contribution in [2.75, 3.05) is 13.6 Å². The van der Waals surface area contributed by atoms with E-state index < -0.39 is 0 Å². The minimum absolute atomic E-state index is 0.369. The molecule has 2 heteroatoms. The van der Waals surface area contributed by atoms with Gasteiger partial charge in [-0.1, -0.05) is 26.7 Å². The number of ketones is 1. The molecule has 1 rings (SSSR count). The zero-order valence-electron chi connectivity index (χ0n) is 11.3. The van der Waals surface area contributed by atoms with E-state index in [1.54, 1.807) is 0 Å². The van der Waals surface area contributed by atoms with E-state index in [1.807, 2.05) is 0 Å². The fraction of sp³-hybridized carbons (Fsp3) is 0.929. The van der Waals surface area contributed by atoms with Gasteiger partial charge >= 0.3 is 0 Å². The Balaban J connectivity index is 2.31. The van der Waals surface area contributed by atoms with Gasteiger partial charge in [0, 0.05) is 12.0 Å². The van der Waals surface area contributed by atoms with Crippen molar-refractivity contribution in [2.45, 2.75) is 58.9 Å². The molecule has 1 atom stereocenters. The standard InChI is InChI=1S/C14H27NO/c1-11(2)9-12(3)15(4)10-14(16)13-7-5-6-8-13/h11-13H,5-10H2,1-4H3. The second-order valence-corrected chi connectivity index (χ2v) is 5.84. The van der Waals surface area contributed by atoms with Crippen molar-refractivity contribution < 1.29 is 4.79 Å². The molecule has 16 heavy (non-hydrogen) atoms. The number of carbonyl (C=O) groups is 1. The van der Waals surface area contributed by atoms with Gasteiger partial charge < -0.3 is 0 Å². The van der Waals surface area contributed by atoms with E-state index in [0.29, 0.717) is 30.2 Å². The van der Waals surface area contributed by atoms with Crippen LogP contribution in [-0.2, 0) is 4.79 Å². The molecule has 0 aromatic heterocycles. The second kappa shape index (κ2) is 6.39. The fourth-order valence-corrected chi connectivity index (χ4v) is 2.64. The molecule has 2 nitrogen and oxygen atoms in total. The number of hydrogen-bond acceptors (Lipinski definition) is 2. The summed E-state index contributed by atoms with van der Waals surface area (Å²) in [6, 6.07) is 0.519. The summed E-state index contributed by atoms with van der Waals surface area (Å²) < 4.78 is 0. The Hall–Kier alpha value is -0.370. The largest absolute Gasteiger partial charge is 0.298 e. The lowest BCUT2D eigenvalue weighted by atomic mass is 10.0. The van der Waals surface area contributed by atoms with Crippen LogP contribution < -0.4 is 0 Å². The fourth-order valence-electron chi connectivity index (χ4n) is 2.64. The lowest BCUT2D eigenvalue weighted by Gasteiger charge is -2.26. The first kappa shape index (κ1) is 13.7. The highest BCUT2D eigenvalue weighted by Crippen LogP contribution is 2.25. The third-order valence-corrected chi connectivity index (χ3v) is 3.78. The number of rotatable bonds is 6. The van der Waals surface area contributed by atoms with Crippen LogP contribution in [0.4, 0.5) is 0 Å². The molecule has 1 aliphatic rings. The predicted octanol–water partition coefficient (Wildman–Crippen LogP) is 3.11. The summed E-state index contributed by atoms with van der Waals surface area (Å²) in [5.74, 6) is 1.54. The summed E-state index contributed by atoms with van der Waals surface area (Å²) in [7, 11) is 2.08. The van der Waals surface area contributed by atoms with Crippen molar-refractivity contribution in [2.24, 2.45) is 11.8 Å². The molecule has 0 spiro atoms. The van der Waals surface area contributed by atoms with Crippen molar-refractivity contribution in [1.29, 1.82) is 0 Å². The van der Waals surface area contributed by atoms with Crippen molar-refractivity contribution >= 4 is 5.78 Å². The molecular weight excluding hydrogens is 198 g/mol. The van der Waals surface area contributed by atoms with Gasteiger partial charge in [0.25, 0.3) is 0 Å². The molecular formula is C14H27NO. The summed E-state index contributed by atoms with van der Waals surface area (Å²) in [5.41, 5.74) is 0. The van der Waals surface area contributed by atoms with E-state index >= 15 is 0 Å². The van der Waals surface area contributed by atoms with E-state index in [0.717, 1.165) is 12.8 Å². The van der Waals surface area contributed by atoms with Crippen LogP contribution in [0.2, 0.25) is 0 Å². The molecule has 1 saturated carbocycles. The first-order chi connectivity index (χ1) is 7.50. The molecule has 0 aliphatic heterocycles. The van der Waals surface area contributed by atoms with Gasteiger partial charge in [0.1, 0.15) is 5.78 Å². The molecule has 0 N–H and O–H groups in total. The monoisotopic (exact) mass is 225 g/mol. The zero-order valence-corrected chi connectivity index (χ0v) is 11.3. The van der Waals surface area contributed by atoms with E-state index in [9.17, 15) is 4.79 Å². The SMILES string of the molecule is CC(C)CC(C)N(C)CC(=O)C1CCCC1. The Bertz CT molecular complexity index is 219. The average Bonchev–Trinajstić information content (AvgIpc) is 2.68. The molecule has 0 aromatic rings. The Morgan fingerprint density at radius 3 is 2.31 bits per heavy atom. The molecule has 1 aliphatic carbocycles. The van der Waals surface area contributed by atoms with Gasteiger partial charge in [0.05, 0.1) is 6.54 Å². The van der Waals surface area contributed by atoms with Crippen LogP contribution in [0.15, 0.2) is 0 Å². The second-order valence-electron chi connectivity index (χ2n) is 5.84.